The van der Waals surface area contributed by atoms with Gasteiger partial charge in [0.15, 0.2) is 0 Å². The Balaban J connectivity index is 2.47. The molecule has 1 aromatic rings. The number of methoxy groups -OCH3 is 1. The summed E-state index contributed by atoms with van der Waals surface area (Å²) in [7, 11) is 1.73. The van der Waals surface area contributed by atoms with Crippen LogP contribution >= 0.6 is 0 Å². The van der Waals surface area contributed by atoms with Crippen LogP contribution in [0.3, 0.4) is 0 Å². The fourth-order valence-electron chi connectivity index (χ4n) is 1.86. The highest BCUT2D eigenvalue weighted by Gasteiger charge is 2.06. The fourth-order valence-corrected chi connectivity index (χ4v) is 1.86. The molecule has 0 aliphatic carbocycles. The van der Waals surface area contributed by atoms with E-state index in [2.05, 4.69) is 12.1 Å². The van der Waals surface area contributed by atoms with Crippen LogP contribution in [0.25, 0.3) is 0 Å². The monoisotopic (exact) mass is 237 g/mol. The topological polar surface area (TPSA) is 55.5 Å². The first-order chi connectivity index (χ1) is 8.27. The molecule has 0 amide bonds. The Labute approximate surface area is 104 Å². The SMILES string of the molecule is COCCCCc1cccc(C(O)CCN)c1. The Morgan fingerprint density at radius 3 is 2.88 bits per heavy atom. The summed E-state index contributed by atoms with van der Waals surface area (Å²) < 4.78 is 5.02. The maximum atomic E-state index is 9.85. The maximum absolute atomic E-state index is 9.85. The quantitative estimate of drug-likeness (QED) is 0.680. The summed E-state index contributed by atoms with van der Waals surface area (Å²) in [6.07, 6.45) is 3.41. The molecule has 17 heavy (non-hydrogen) atoms. The van der Waals surface area contributed by atoms with E-state index in [1.807, 2.05) is 12.1 Å². The molecule has 1 unspecified atom stereocenters. The summed E-state index contributed by atoms with van der Waals surface area (Å²) in [4.78, 5) is 0. The first kappa shape index (κ1) is 14.2. The predicted molar refractivity (Wildman–Crippen MR) is 69.9 cm³/mol. The van der Waals surface area contributed by atoms with Gasteiger partial charge in [-0.05, 0) is 43.4 Å². The second kappa shape index (κ2) is 8.23. The molecule has 3 nitrogen and oxygen atoms in total. The van der Waals surface area contributed by atoms with E-state index in [1.54, 1.807) is 7.11 Å². The average molecular weight is 237 g/mol. The number of aliphatic hydroxyl groups excluding tert-OH is 1. The van der Waals surface area contributed by atoms with Crippen LogP contribution in [0.4, 0.5) is 0 Å². The Morgan fingerprint density at radius 1 is 1.35 bits per heavy atom. The van der Waals surface area contributed by atoms with Gasteiger partial charge in [0.25, 0.3) is 0 Å². The van der Waals surface area contributed by atoms with Gasteiger partial charge in [-0.1, -0.05) is 24.3 Å². The molecule has 1 rings (SSSR count). The van der Waals surface area contributed by atoms with Crippen LogP contribution < -0.4 is 5.73 Å². The molecule has 0 aliphatic rings. The summed E-state index contributed by atoms with van der Waals surface area (Å²) >= 11 is 0. The summed E-state index contributed by atoms with van der Waals surface area (Å²) in [5.74, 6) is 0. The predicted octanol–water partition coefficient (Wildman–Crippen LogP) is 2.04. The minimum absolute atomic E-state index is 0.432. The molecule has 0 aliphatic heterocycles. The van der Waals surface area contributed by atoms with Gasteiger partial charge in [-0.2, -0.15) is 0 Å². The number of aryl methyl sites for hydroxylation is 1. The zero-order valence-electron chi connectivity index (χ0n) is 10.6. The lowest BCUT2D eigenvalue weighted by Gasteiger charge is -2.11. The molecule has 0 aromatic heterocycles. The normalized spacial score (nSPS) is 12.6. The molecule has 3 N–H and O–H groups in total. The minimum atomic E-state index is -0.432. The Kier molecular flexibility index (Phi) is 6.86. The highest BCUT2D eigenvalue weighted by Crippen LogP contribution is 2.18. The zero-order valence-corrected chi connectivity index (χ0v) is 10.6. The summed E-state index contributed by atoms with van der Waals surface area (Å²) in [6, 6.07) is 8.14. The highest BCUT2D eigenvalue weighted by atomic mass is 16.5. The van der Waals surface area contributed by atoms with Gasteiger partial charge >= 0.3 is 0 Å². The van der Waals surface area contributed by atoms with Crippen molar-refractivity contribution in [2.75, 3.05) is 20.3 Å². The molecule has 1 aromatic carbocycles. The minimum Gasteiger partial charge on any atom is -0.388 e. The number of rotatable bonds is 8. The fraction of sp³-hybridized carbons (Fsp3) is 0.571. The third-order valence-electron chi connectivity index (χ3n) is 2.84. The van der Waals surface area contributed by atoms with E-state index in [0.29, 0.717) is 13.0 Å². The van der Waals surface area contributed by atoms with Crippen molar-refractivity contribution in [2.24, 2.45) is 5.73 Å². The van der Waals surface area contributed by atoms with Gasteiger partial charge in [0.1, 0.15) is 0 Å². The van der Waals surface area contributed by atoms with Crippen molar-refractivity contribution < 1.29 is 9.84 Å². The number of nitrogens with two attached hydrogens (primary N) is 1. The number of benzene rings is 1. The number of aliphatic hydroxyl groups is 1. The first-order valence-electron chi connectivity index (χ1n) is 6.24. The number of unbranched alkanes of at least 4 members (excludes halogenated alkanes) is 1. The zero-order chi connectivity index (χ0) is 12.5. The van der Waals surface area contributed by atoms with E-state index >= 15 is 0 Å². The smallest absolute Gasteiger partial charge is 0.0802 e. The standard InChI is InChI=1S/C14H23NO2/c1-17-10-3-2-5-12-6-4-7-13(11-12)14(16)8-9-15/h4,6-7,11,14,16H,2-3,5,8-10,15H2,1H3. The van der Waals surface area contributed by atoms with Crippen LogP contribution in [0.1, 0.15) is 36.5 Å². The Morgan fingerprint density at radius 2 is 2.18 bits per heavy atom. The number of hydrogen-bond acceptors (Lipinski definition) is 3. The molecule has 0 radical (unpaired) electrons. The van der Waals surface area contributed by atoms with Crippen LogP contribution in [-0.4, -0.2) is 25.4 Å². The number of hydrogen-bond donors (Lipinski definition) is 2. The van der Waals surface area contributed by atoms with Gasteiger partial charge in [-0.3, -0.25) is 0 Å². The van der Waals surface area contributed by atoms with Crippen molar-refractivity contribution in [3.8, 4) is 0 Å². The number of ether oxygens (including phenoxy) is 1. The van der Waals surface area contributed by atoms with Gasteiger partial charge in [0.2, 0.25) is 0 Å². The van der Waals surface area contributed by atoms with Crippen molar-refractivity contribution in [3.63, 3.8) is 0 Å². The molecule has 3 heteroatoms. The van der Waals surface area contributed by atoms with Crippen molar-refractivity contribution in [1.29, 1.82) is 0 Å². The molecular formula is C14H23NO2. The molecule has 0 spiro atoms. The second-order valence-corrected chi connectivity index (χ2v) is 4.29. The van der Waals surface area contributed by atoms with Gasteiger partial charge in [0, 0.05) is 13.7 Å². The van der Waals surface area contributed by atoms with Crippen molar-refractivity contribution >= 4 is 0 Å². The van der Waals surface area contributed by atoms with Gasteiger partial charge in [0.05, 0.1) is 6.10 Å². The molecule has 0 saturated heterocycles. The molecule has 96 valence electrons. The van der Waals surface area contributed by atoms with E-state index in [1.165, 1.54) is 5.56 Å². The average Bonchev–Trinajstić information content (AvgIpc) is 2.35. The molecule has 1 atom stereocenters. The van der Waals surface area contributed by atoms with E-state index in [0.717, 1.165) is 31.4 Å². The largest absolute Gasteiger partial charge is 0.388 e. The van der Waals surface area contributed by atoms with Crippen molar-refractivity contribution in [3.05, 3.63) is 35.4 Å². The first-order valence-corrected chi connectivity index (χ1v) is 6.24. The van der Waals surface area contributed by atoms with Crippen LogP contribution in [-0.2, 0) is 11.2 Å². The van der Waals surface area contributed by atoms with Gasteiger partial charge < -0.3 is 15.6 Å². The van der Waals surface area contributed by atoms with E-state index < -0.39 is 6.10 Å². The van der Waals surface area contributed by atoms with E-state index in [-0.39, 0.29) is 0 Å². The van der Waals surface area contributed by atoms with Crippen LogP contribution in [0, 0.1) is 0 Å². The molecular weight excluding hydrogens is 214 g/mol. The molecule has 0 saturated carbocycles. The third kappa shape index (κ3) is 5.31. The lowest BCUT2D eigenvalue weighted by atomic mass is 10.0. The van der Waals surface area contributed by atoms with Crippen molar-refractivity contribution in [2.45, 2.75) is 31.8 Å². The molecule has 0 fully saturated rings. The maximum Gasteiger partial charge on any atom is 0.0802 e. The lowest BCUT2D eigenvalue weighted by molar-refractivity contribution is 0.170. The molecule has 0 bridgehead atoms. The Hall–Kier alpha value is -0.900. The van der Waals surface area contributed by atoms with Crippen LogP contribution in [0.15, 0.2) is 24.3 Å². The molecule has 0 heterocycles. The lowest BCUT2D eigenvalue weighted by Crippen LogP contribution is -2.06. The highest BCUT2D eigenvalue weighted by molar-refractivity contribution is 5.25. The van der Waals surface area contributed by atoms with Crippen molar-refractivity contribution in [1.82, 2.24) is 0 Å². The third-order valence-corrected chi connectivity index (χ3v) is 2.84. The second-order valence-electron chi connectivity index (χ2n) is 4.29. The van der Waals surface area contributed by atoms with Crippen LogP contribution in [0.2, 0.25) is 0 Å². The van der Waals surface area contributed by atoms with Gasteiger partial charge in [-0.15, -0.1) is 0 Å². The van der Waals surface area contributed by atoms with E-state index in [4.69, 9.17) is 10.5 Å². The summed E-state index contributed by atoms with van der Waals surface area (Å²) in [5, 5.41) is 9.85. The van der Waals surface area contributed by atoms with Crippen LogP contribution in [0.5, 0.6) is 0 Å². The Bertz CT molecular complexity index is 315. The van der Waals surface area contributed by atoms with Gasteiger partial charge in [-0.25, -0.2) is 0 Å². The van der Waals surface area contributed by atoms with E-state index in [9.17, 15) is 5.11 Å². The summed E-state index contributed by atoms with van der Waals surface area (Å²) in [6.45, 7) is 1.33. The summed E-state index contributed by atoms with van der Waals surface area (Å²) in [5.41, 5.74) is 7.69.